The Morgan fingerprint density at radius 1 is 0.816 bits per heavy atom. The lowest BCUT2D eigenvalue weighted by Crippen LogP contribution is -2.43. The lowest BCUT2D eigenvalue weighted by Gasteiger charge is -2.36. The van der Waals surface area contributed by atoms with Crippen LogP contribution >= 0.6 is 0 Å². The molecule has 5 rings (SSSR count). The molecule has 262 valence electrons. The Balaban J connectivity index is 0.00000101. The Bertz CT molecular complexity index is 1950. The van der Waals surface area contributed by atoms with Crippen LogP contribution in [0.3, 0.4) is 0 Å². The van der Waals surface area contributed by atoms with Crippen molar-refractivity contribution < 1.29 is 33.7 Å². The molecule has 2 aromatic heterocycles. The van der Waals surface area contributed by atoms with Gasteiger partial charge in [-0.15, -0.1) is 0 Å². The minimum Gasteiger partial charge on any atom is -0.543 e. The third-order valence-electron chi connectivity index (χ3n) is 7.85. The number of hydrogen-bond acceptors (Lipinski definition) is 7. The molecule has 5 aromatic rings. The summed E-state index contributed by atoms with van der Waals surface area (Å²) < 4.78 is 20.8. The minimum atomic E-state index is -2.14. The number of ether oxygens (including phenoxy) is 2. The maximum atomic E-state index is 13.7. The van der Waals surface area contributed by atoms with Crippen LogP contribution in [0, 0.1) is 0 Å². The molecule has 0 fully saturated rings. The average Bonchev–Trinajstić information content (AvgIpc) is 3.52. The van der Waals surface area contributed by atoms with Gasteiger partial charge in [-0.25, -0.2) is 14.2 Å². The molecule has 10 nitrogen and oxygen atoms in total. The van der Waals surface area contributed by atoms with Crippen LogP contribution in [0.15, 0.2) is 72.8 Å². The fraction of sp³-hybridized carbons (Fsp3) is 0.395. The zero-order valence-corrected chi connectivity index (χ0v) is 31.4. The molecule has 0 saturated carbocycles. The number of carboxylic acid groups (broad SMARTS) is 1. The van der Waals surface area contributed by atoms with E-state index in [9.17, 15) is 14.7 Å². The Labute approximate surface area is 289 Å². The molecule has 2 heterocycles. The average molecular weight is 688 g/mol. The van der Waals surface area contributed by atoms with Crippen molar-refractivity contribution in [2.24, 2.45) is 0 Å². The summed E-state index contributed by atoms with van der Waals surface area (Å²) in [4.78, 5) is 26.0. The van der Waals surface area contributed by atoms with Crippen LogP contribution in [0.5, 0.6) is 11.5 Å². The summed E-state index contributed by atoms with van der Waals surface area (Å²) in [5, 5.41) is 24.2. The molecule has 0 saturated heterocycles. The van der Waals surface area contributed by atoms with E-state index in [0.717, 1.165) is 15.6 Å². The Hall–Kier alpha value is -4.61. The molecule has 0 amide bonds. The van der Waals surface area contributed by atoms with Crippen molar-refractivity contribution in [3.63, 3.8) is 0 Å². The molecule has 3 aromatic carbocycles. The maximum absolute atomic E-state index is 13.7. The number of fused-ring (bicyclic) bond motifs is 2. The highest BCUT2D eigenvalue weighted by Gasteiger charge is 2.39. The SMILES string of the molecule is CC(C)(C)O.CC(C)(C)OC(=O)n1c(-c2nn(C(=O)O)c3ccc(OCc4ccccc4)cc23)cc2cc(O[Si](C)(C)C(C)(C)C)ccc21. The minimum absolute atomic E-state index is 0.00155. The quantitative estimate of drug-likeness (QED) is 0.169. The van der Waals surface area contributed by atoms with Crippen LogP contribution in [0.4, 0.5) is 9.59 Å². The molecule has 0 aliphatic rings. The fourth-order valence-corrected chi connectivity index (χ4v) is 5.67. The standard InChI is InChI=1S/C34H39N3O6Si.C4H10O/c1-33(2,3)42-32(40)36-27-16-15-25(43-44(7,8)34(4,5)6)18-23(27)19-29(36)30-26-20-24(41-21-22-12-10-9-11-13-22)14-17-28(26)37(35-30)31(38)39;1-4(2,3)5/h9-20H,21H2,1-8H3,(H,38,39);5H,1-3H3. The molecular formula is C38H49N3O7Si. The van der Waals surface area contributed by atoms with E-state index in [4.69, 9.17) is 19.0 Å². The van der Waals surface area contributed by atoms with Crippen molar-refractivity contribution in [2.75, 3.05) is 0 Å². The normalized spacial score (nSPS) is 12.4. The highest BCUT2D eigenvalue weighted by molar-refractivity contribution is 6.74. The molecule has 0 bridgehead atoms. The van der Waals surface area contributed by atoms with Gasteiger partial charge in [0.25, 0.3) is 0 Å². The van der Waals surface area contributed by atoms with Gasteiger partial charge in [-0.3, -0.25) is 0 Å². The van der Waals surface area contributed by atoms with Gasteiger partial charge in [-0.1, -0.05) is 51.1 Å². The maximum Gasteiger partial charge on any atom is 0.432 e. The Morgan fingerprint density at radius 3 is 1.98 bits per heavy atom. The van der Waals surface area contributed by atoms with Gasteiger partial charge in [0.1, 0.15) is 29.4 Å². The van der Waals surface area contributed by atoms with Crippen molar-refractivity contribution in [2.45, 2.75) is 98.3 Å². The van der Waals surface area contributed by atoms with Gasteiger partial charge in [-0.2, -0.15) is 9.78 Å². The van der Waals surface area contributed by atoms with Crippen molar-refractivity contribution in [1.82, 2.24) is 14.3 Å². The van der Waals surface area contributed by atoms with E-state index in [1.165, 1.54) is 4.57 Å². The van der Waals surface area contributed by atoms with Crippen LogP contribution < -0.4 is 9.16 Å². The Morgan fingerprint density at radius 2 is 1.41 bits per heavy atom. The van der Waals surface area contributed by atoms with Gasteiger partial charge >= 0.3 is 12.2 Å². The monoisotopic (exact) mass is 687 g/mol. The van der Waals surface area contributed by atoms with Gasteiger partial charge in [-0.05, 0) is 108 Å². The molecule has 49 heavy (non-hydrogen) atoms. The van der Waals surface area contributed by atoms with Gasteiger partial charge in [0.05, 0.1) is 22.3 Å². The first-order valence-corrected chi connectivity index (χ1v) is 19.2. The predicted octanol–water partition coefficient (Wildman–Crippen LogP) is 9.71. The number of aliphatic hydroxyl groups is 1. The first-order chi connectivity index (χ1) is 22.5. The number of carbonyl (C=O) groups excluding carboxylic acids is 1. The zero-order valence-electron chi connectivity index (χ0n) is 30.4. The van der Waals surface area contributed by atoms with Crippen LogP contribution in [-0.4, -0.2) is 56.3 Å². The van der Waals surface area contributed by atoms with Gasteiger partial charge in [0.15, 0.2) is 0 Å². The molecule has 11 heteroatoms. The highest BCUT2D eigenvalue weighted by Crippen LogP contribution is 2.40. The van der Waals surface area contributed by atoms with Crippen molar-refractivity contribution >= 4 is 42.3 Å². The summed E-state index contributed by atoms with van der Waals surface area (Å²) in [7, 11) is -2.14. The third-order valence-corrected chi connectivity index (χ3v) is 12.2. The summed E-state index contributed by atoms with van der Waals surface area (Å²) in [5.74, 6) is 1.24. The second-order valence-electron chi connectivity index (χ2n) is 15.6. The molecule has 0 radical (unpaired) electrons. The predicted molar refractivity (Wildman–Crippen MR) is 196 cm³/mol. The molecule has 0 aliphatic heterocycles. The molecule has 0 aliphatic carbocycles. The summed E-state index contributed by atoms with van der Waals surface area (Å²) in [5.41, 5.74) is 1.38. The number of benzene rings is 3. The van der Waals surface area contributed by atoms with Crippen LogP contribution in [-0.2, 0) is 11.3 Å². The topological polar surface area (TPSA) is 125 Å². The van der Waals surface area contributed by atoms with Crippen molar-refractivity contribution in [3.05, 3.63) is 78.4 Å². The molecule has 0 spiro atoms. The number of aromatic nitrogens is 3. The van der Waals surface area contributed by atoms with Gasteiger partial charge < -0.3 is 24.1 Å². The van der Waals surface area contributed by atoms with E-state index in [1.54, 1.807) is 59.7 Å². The summed E-state index contributed by atoms with van der Waals surface area (Å²) in [6.45, 7) is 21.8. The van der Waals surface area contributed by atoms with Crippen molar-refractivity contribution in [3.8, 4) is 22.9 Å². The molecule has 0 unspecified atom stereocenters. The van der Waals surface area contributed by atoms with Crippen molar-refractivity contribution in [1.29, 1.82) is 0 Å². The van der Waals surface area contributed by atoms with E-state index in [-0.39, 0.29) is 5.04 Å². The van der Waals surface area contributed by atoms with E-state index >= 15 is 0 Å². The summed E-state index contributed by atoms with van der Waals surface area (Å²) in [6.07, 6.45) is -1.85. The zero-order chi connectivity index (χ0) is 36.5. The Kier molecular flexibility index (Phi) is 10.4. The van der Waals surface area contributed by atoms with Gasteiger partial charge in [0, 0.05) is 10.8 Å². The number of carbonyl (C=O) groups is 2. The summed E-state index contributed by atoms with van der Waals surface area (Å²) >= 11 is 0. The number of rotatable bonds is 6. The first kappa shape index (κ1) is 37.2. The van der Waals surface area contributed by atoms with E-state index in [1.807, 2.05) is 54.6 Å². The third kappa shape index (κ3) is 9.30. The lowest BCUT2D eigenvalue weighted by molar-refractivity contribution is 0.0547. The fourth-order valence-electron chi connectivity index (χ4n) is 4.65. The molecule has 0 atom stereocenters. The summed E-state index contributed by atoms with van der Waals surface area (Å²) in [6, 6.07) is 22.3. The lowest BCUT2D eigenvalue weighted by atomic mass is 10.1. The smallest absolute Gasteiger partial charge is 0.432 e. The van der Waals surface area contributed by atoms with Crippen LogP contribution in [0.1, 0.15) is 67.9 Å². The first-order valence-electron chi connectivity index (χ1n) is 16.3. The largest absolute Gasteiger partial charge is 0.543 e. The van der Waals surface area contributed by atoms with Gasteiger partial charge in [0.2, 0.25) is 8.32 Å². The van der Waals surface area contributed by atoms with Crippen LogP contribution in [0.25, 0.3) is 33.2 Å². The second-order valence-corrected chi connectivity index (χ2v) is 20.3. The highest BCUT2D eigenvalue weighted by atomic mass is 28.4. The number of nitrogens with zero attached hydrogens (tertiary/aromatic N) is 3. The molecular weight excluding hydrogens is 639 g/mol. The molecule has 2 N–H and O–H groups in total. The van der Waals surface area contributed by atoms with E-state index in [0.29, 0.717) is 45.9 Å². The van der Waals surface area contributed by atoms with Crippen LogP contribution in [0.2, 0.25) is 18.1 Å². The van der Waals surface area contributed by atoms with E-state index in [2.05, 4.69) is 39.0 Å². The number of hydrogen-bond donors (Lipinski definition) is 2. The van der Waals surface area contributed by atoms with E-state index < -0.39 is 31.7 Å². The second kappa shape index (κ2) is 13.7.